The molecule has 1 aromatic heterocycles. The molecule has 2 heterocycles. The Morgan fingerprint density at radius 2 is 1.91 bits per heavy atom. The Balaban J connectivity index is 1.64. The van der Waals surface area contributed by atoms with Crippen LogP contribution in [-0.2, 0) is 22.8 Å². The molecule has 4 rings (SSSR count). The smallest absolute Gasteiger partial charge is 0.254 e. The van der Waals surface area contributed by atoms with Crippen molar-refractivity contribution in [3.63, 3.8) is 0 Å². The average Bonchev–Trinajstić information content (AvgIpc) is 3.05. The highest BCUT2D eigenvalue weighted by Gasteiger charge is 2.27. The SMILES string of the molecule is CCNc1ccc(-c2ccc3c(c2)CN(C(=O)c2ccc(S(C)(=O)=O)c(F)c2CC)CCO3)cn1. The van der Waals surface area contributed by atoms with E-state index in [2.05, 4.69) is 10.3 Å². The molecule has 0 fully saturated rings. The highest BCUT2D eigenvalue weighted by Crippen LogP contribution is 2.31. The van der Waals surface area contributed by atoms with Crippen molar-refractivity contribution in [3.8, 4) is 16.9 Å². The summed E-state index contributed by atoms with van der Waals surface area (Å²) in [6, 6.07) is 12.3. The maximum absolute atomic E-state index is 15.0. The molecule has 184 valence electrons. The summed E-state index contributed by atoms with van der Waals surface area (Å²) in [4.78, 5) is 19.1. The summed E-state index contributed by atoms with van der Waals surface area (Å²) in [6.45, 7) is 5.38. The number of hydrogen-bond acceptors (Lipinski definition) is 6. The van der Waals surface area contributed by atoms with E-state index < -0.39 is 20.5 Å². The van der Waals surface area contributed by atoms with E-state index in [-0.39, 0.29) is 30.0 Å². The van der Waals surface area contributed by atoms with Crippen LogP contribution in [0.5, 0.6) is 5.75 Å². The van der Waals surface area contributed by atoms with Crippen LogP contribution in [0.1, 0.15) is 35.3 Å². The van der Waals surface area contributed by atoms with Gasteiger partial charge in [-0.2, -0.15) is 0 Å². The van der Waals surface area contributed by atoms with Crippen molar-refractivity contribution < 1.29 is 22.3 Å². The Bertz CT molecular complexity index is 1360. The largest absolute Gasteiger partial charge is 0.491 e. The zero-order chi connectivity index (χ0) is 25.2. The fourth-order valence-electron chi connectivity index (χ4n) is 4.20. The molecule has 1 aliphatic heterocycles. The van der Waals surface area contributed by atoms with Crippen LogP contribution in [0, 0.1) is 5.82 Å². The number of nitrogens with zero attached hydrogens (tertiary/aromatic N) is 2. The summed E-state index contributed by atoms with van der Waals surface area (Å²) in [6.07, 6.45) is 2.94. The molecule has 9 heteroatoms. The first-order valence-electron chi connectivity index (χ1n) is 11.5. The van der Waals surface area contributed by atoms with Gasteiger partial charge in [0.15, 0.2) is 9.84 Å². The van der Waals surface area contributed by atoms with Gasteiger partial charge in [0.1, 0.15) is 28.9 Å². The van der Waals surface area contributed by atoms with Gasteiger partial charge in [0.25, 0.3) is 5.91 Å². The van der Waals surface area contributed by atoms with Crippen LogP contribution in [0.4, 0.5) is 10.2 Å². The molecule has 1 amide bonds. The number of amides is 1. The van der Waals surface area contributed by atoms with Crippen LogP contribution in [0.2, 0.25) is 0 Å². The van der Waals surface area contributed by atoms with Crippen LogP contribution in [0.3, 0.4) is 0 Å². The van der Waals surface area contributed by atoms with Crippen LogP contribution >= 0.6 is 0 Å². The molecule has 1 N–H and O–H groups in total. The number of hydrogen-bond donors (Lipinski definition) is 1. The number of anilines is 1. The Labute approximate surface area is 204 Å². The molecule has 0 saturated carbocycles. The van der Waals surface area contributed by atoms with Crippen molar-refractivity contribution in [1.29, 1.82) is 0 Å². The molecule has 3 aromatic rings. The number of nitrogens with one attached hydrogen (secondary N) is 1. The van der Waals surface area contributed by atoms with Gasteiger partial charge in [0, 0.05) is 47.8 Å². The summed E-state index contributed by atoms with van der Waals surface area (Å²) < 4.78 is 44.7. The van der Waals surface area contributed by atoms with Crippen molar-refractivity contribution in [3.05, 3.63) is 71.2 Å². The van der Waals surface area contributed by atoms with Gasteiger partial charge in [-0.05, 0) is 55.3 Å². The van der Waals surface area contributed by atoms with E-state index in [1.165, 1.54) is 12.1 Å². The predicted molar refractivity (Wildman–Crippen MR) is 133 cm³/mol. The third-order valence-electron chi connectivity index (χ3n) is 5.97. The van der Waals surface area contributed by atoms with Crippen LogP contribution in [-0.4, -0.2) is 50.2 Å². The Hall–Kier alpha value is -3.46. The lowest BCUT2D eigenvalue weighted by Gasteiger charge is -2.22. The maximum atomic E-state index is 15.0. The van der Waals surface area contributed by atoms with Gasteiger partial charge in [-0.15, -0.1) is 0 Å². The molecule has 35 heavy (non-hydrogen) atoms. The van der Waals surface area contributed by atoms with Crippen LogP contribution in [0.25, 0.3) is 11.1 Å². The lowest BCUT2D eigenvalue weighted by atomic mass is 10.0. The molecule has 0 radical (unpaired) electrons. The second-order valence-corrected chi connectivity index (χ2v) is 10.4. The molecule has 0 unspecified atom stereocenters. The van der Waals surface area contributed by atoms with Gasteiger partial charge in [0.05, 0.1) is 6.54 Å². The van der Waals surface area contributed by atoms with Crippen molar-refractivity contribution in [2.24, 2.45) is 0 Å². The minimum atomic E-state index is -3.75. The summed E-state index contributed by atoms with van der Waals surface area (Å²) in [5.74, 6) is 0.269. The van der Waals surface area contributed by atoms with E-state index in [1.807, 2.05) is 37.3 Å². The van der Waals surface area contributed by atoms with Gasteiger partial charge in [0.2, 0.25) is 0 Å². The lowest BCUT2D eigenvalue weighted by molar-refractivity contribution is 0.0731. The standard InChI is InChI=1S/C26H28FN3O4S/c1-4-20-21(8-10-23(25(20)27)35(3,32)33)26(31)30-12-13-34-22-9-6-17(14-19(22)16-30)18-7-11-24(28-5-2)29-15-18/h6-11,14-15H,4-5,12-13,16H2,1-3H3,(H,28,29). The molecular weight excluding hydrogens is 469 g/mol. The van der Waals surface area contributed by atoms with Crippen molar-refractivity contribution >= 4 is 21.6 Å². The molecule has 0 atom stereocenters. The van der Waals surface area contributed by atoms with Gasteiger partial charge in [-0.1, -0.05) is 13.0 Å². The number of ether oxygens (including phenoxy) is 1. The molecule has 0 spiro atoms. The summed E-state index contributed by atoms with van der Waals surface area (Å²) in [7, 11) is -3.75. The zero-order valence-electron chi connectivity index (χ0n) is 20.0. The number of sulfone groups is 1. The number of carbonyl (C=O) groups excluding carboxylic acids is 1. The van der Waals surface area contributed by atoms with Crippen LogP contribution < -0.4 is 10.1 Å². The summed E-state index contributed by atoms with van der Waals surface area (Å²) in [5, 5.41) is 3.17. The third-order valence-corrected chi connectivity index (χ3v) is 7.09. The summed E-state index contributed by atoms with van der Waals surface area (Å²) in [5.41, 5.74) is 2.97. The van der Waals surface area contributed by atoms with Gasteiger partial charge in [-0.25, -0.2) is 17.8 Å². The number of fused-ring (bicyclic) bond motifs is 1. The number of aromatic nitrogens is 1. The predicted octanol–water partition coefficient (Wildman–Crippen LogP) is 4.32. The topological polar surface area (TPSA) is 88.6 Å². The quantitative estimate of drug-likeness (QED) is 0.546. The first-order chi connectivity index (χ1) is 16.7. The minimum absolute atomic E-state index is 0.101. The molecule has 1 aliphatic rings. The first-order valence-corrected chi connectivity index (χ1v) is 13.4. The van der Waals surface area contributed by atoms with E-state index in [0.29, 0.717) is 18.9 Å². The van der Waals surface area contributed by atoms with E-state index in [9.17, 15) is 13.2 Å². The molecule has 0 bridgehead atoms. The Morgan fingerprint density at radius 1 is 1.14 bits per heavy atom. The maximum Gasteiger partial charge on any atom is 0.254 e. The Morgan fingerprint density at radius 3 is 2.57 bits per heavy atom. The van der Waals surface area contributed by atoms with Gasteiger partial charge >= 0.3 is 0 Å². The number of halogens is 1. The number of rotatable bonds is 6. The lowest BCUT2D eigenvalue weighted by Crippen LogP contribution is -2.33. The zero-order valence-corrected chi connectivity index (χ0v) is 20.8. The van der Waals surface area contributed by atoms with Crippen molar-refractivity contribution in [1.82, 2.24) is 9.88 Å². The van der Waals surface area contributed by atoms with E-state index in [4.69, 9.17) is 4.74 Å². The van der Waals surface area contributed by atoms with Crippen molar-refractivity contribution in [2.75, 3.05) is 31.3 Å². The van der Waals surface area contributed by atoms with Crippen molar-refractivity contribution in [2.45, 2.75) is 31.7 Å². The molecular formula is C26H28FN3O4S. The monoisotopic (exact) mass is 497 g/mol. The van der Waals surface area contributed by atoms with Crippen LogP contribution in [0.15, 0.2) is 53.6 Å². The Kier molecular flexibility index (Phi) is 7.07. The normalized spacial score (nSPS) is 13.5. The first kappa shape index (κ1) is 24.7. The highest BCUT2D eigenvalue weighted by molar-refractivity contribution is 7.90. The van der Waals surface area contributed by atoms with Gasteiger partial charge < -0.3 is 15.0 Å². The highest BCUT2D eigenvalue weighted by atomic mass is 32.2. The second kappa shape index (κ2) is 10.0. The average molecular weight is 498 g/mol. The summed E-state index contributed by atoms with van der Waals surface area (Å²) >= 11 is 0. The molecule has 0 saturated heterocycles. The third kappa shape index (κ3) is 5.14. The molecule has 2 aromatic carbocycles. The van der Waals surface area contributed by atoms with Gasteiger partial charge in [-0.3, -0.25) is 4.79 Å². The molecule has 7 nitrogen and oxygen atoms in total. The second-order valence-electron chi connectivity index (χ2n) is 8.39. The minimum Gasteiger partial charge on any atom is -0.491 e. The number of pyridine rings is 1. The fraction of sp³-hybridized carbons (Fsp3) is 0.308. The number of carbonyl (C=O) groups is 1. The number of benzene rings is 2. The molecule has 0 aliphatic carbocycles. The fourth-order valence-corrected chi connectivity index (χ4v) is 4.96. The van der Waals surface area contributed by atoms with E-state index in [0.717, 1.165) is 35.3 Å². The van der Waals surface area contributed by atoms with E-state index in [1.54, 1.807) is 18.0 Å². The van der Waals surface area contributed by atoms with E-state index >= 15 is 4.39 Å².